The first-order valence-electron chi connectivity index (χ1n) is 12.6. The average Bonchev–Trinajstić information content (AvgIpc) is 2.68. The third-order valence-corrected chi connectivity index (χ3v) is 5.36. The fourth-order valence-corrected chi connectivity index (χ4v) is 3.47. The van der Waals surface area contributed by atoms with E-state index >= 15 is 0 Å². The summed E-state index contributed by atoms with van der Waals surface area (Å²) >= 11 is 0. The molecule has 0 aliphatic rings. The van der Waals surface area contributed by atoms with E-state index in [4.69, 9.17) is 9.47 Å². The summed E-state index contributed by atoms with van der Waals surface area (Å²) in [7, 11) is 0. The summed E-state index contributed by atoms with van der Waals surface area (Å²) in [4.78, 5) is 0. The predicted molar refractivity (Wildman–Crippen MR) is 121 cm³/mol. The Bertz CT molecular complexity index is 218. The first-order valence-corrected chi connectivity index (χ1v) is 12.6. The third kappa shape index (κ3) is 25.9. The molecule has 0 unspecified atom stereocenters. The van der Waals surface area contributed by atoms with Crippen LogP contribution in [0.2, 0.25) is 0 Å². The minimum absolute atomic E-state index is 0.973. The molecule has 0 heterocycles. The lowest BCUT2D eigenvalue weighted by Gasteiger charge is -2.06. The molecule has 0 rings (SSSR count). The fourth-order valence-electron chi connectivity index (χ4n) is 3.47. The lowest BCUT2D eigenvalue weighted by Crippen LogP contribution is -1.98. The number of rotatable bonds is 24. The van der Waals surface area contributed by atoms with Gasteiger partial charge in [-0.05, 0) is 25.7 Å². The van der Waals surface area contributed by atoms with Gasteiger partial charge in [-0.3, -0.25) is 0 Å². The smallest absolute Gasteiger partial charge is 0.0466 e. The van der Waals surface area contributed by atoms with Crippen LogP contribution >= 0.6 is 0 Å². The van der Waals surface area contributed by atoms with E-state index in [9.17, 15) is 0 Å². The largest absolute Gasteiger partial charge is 0.381 e. The predicted octanol–water partition coefficient (Wildman–Crippen LogP) is 8.47. The molecule has 0 N–H and O–H groups in total. The maximum absolute atomic E-state index is 5.74. The monoisotopic (exact) mass is 384 g/mol. The van der Waals surface area contributed by atoms with Gasteiger partial charge in [0, 0.05) is 26.4 Å². The van der Waals surface area contributed by atoms with Gasteiger partial charge in [0.05, 0.1) is 0 Å². The molecule has 0 saturated heterocycles. The fraction of sp³-hybridized carbons (Fsp3) is 1.00. The van der Waals surface area contributed by atoms with Crippen molar-refractivity contribution in [3.05, 3.63) is 0 Å². The molecule has 0 fully saturated rings. The maximum atomic E-state index is 5.74. The molecule has 0 aliphatic heterocycles. The van der Waals surface area contributed by atoms with Crippen LogP contribution in [0, 0.1) is 0 Å². The molecular formula is C25H52O2. The Hall–Kier alpha value is -0.0800. The maximum Gasteiger partial charge on any atom is 0.0466 e. The molecule has 0 aromatic heterocycles. The van der Waals surface area contributed by atoms with Crippen LogP contribution in [0.4, 0.5) is 0 Å². The van der Waals surface area contributed by atoms with Gasteiger partial charge in [-0.2, -0.15) is 0 Å². The Balaban J connectivity index is 2.95. The van der Waals surface area contributed by atoms with Gasteiger partial charge in [0.25, 0.3) is 0 Å². The van der Waals surface area contributed by atoms with Crippen molar-refractivity contribution >= 4 is 0 Å². The van der Waals surface area contributed by atoms with Crippen LogP contribution in [0.1, 0.15) is 136 Å². The van der Waals surface area contributed by atoms with E-state index in [1.807, 2.05) is 0 Å². The van der Waals surface area contributed by atoms with Gasteiger partial charge in [-0.15, -0.1) is 0 Å². The lowest BCUT2D eigenvalue weighted by atomic mass is 10.1. The van der Waals surface area contributed by atoms with Gasteiger partial charge in [-0.25, -0.2) is 0 Å². The Kier molecular flexibility index (Phi) is 25.8. The molecule has 0 aromatic carbocycles. The van der Waals surface area contributed by atoms with Crippen LogP contribution in [-0.2, 0) is 9.47 Å². The van der Waals surface area contributed by atoms with Crippen molar-refractivity contribution in [1.82, 2.24) is 0 Å². The SMILES string of the molecule is CCCCCCCCOCCCCCCCCCOCCCCCCCC. The van der Waals surface area contributed by atoms with E-state index in [0.717, 1.165) is 26.4 Å². The number of hydrogen-bond acceptors (Lipinski definition) is 2. The van der Waals surface area contributed by atoms with Gasteiger partial charge in [0.15, 0.2) is 0 Å². The van der Waals surface area contributed by atoms with Gasteiger partial charge < -0.3 is 9.47 Å². The molecule has 0 saturated carbocycles. The lowest BCUT2D eigenvalue weighted by molar-refractivity contribution is 0.124. The van der Waals surface area contributed by atoms with Gasteiger partial charge in [-0.1, -0.05) is 110 Å². The van der Waals surface area contributed by atoms with Crippen molar-refractivity contribution in [1.29, 1.82) is 0 Å². The highest BCUT2D eigenvalue weighted by Crippen LogP contribution is 2.09. The number of ether oxygens (including phenoxy) is 2. The molecule has 0 atom stereocenters. The molecule has 0 radical (unpaired) electrons. The standard InChI is InChI=1S/C25H52O2/c1-3-5-7-9-14-18-22-26-24-20-16-12-11-13-17-21-25-27-23-19-15-10-8-6-4-2/h3-25H2,1-2H3. The summed E-state index contributed by atoms with van der Waals surface area (Å²) in [6.07, 6.45) is 25.6. The van der Waals surface area contributed by atoms with Crippen molar-refractivity contribution in [2.24, 2.45) is 0 Å². The van der Waals surface area contributed by atoms with E-state index in [2.05, 4.69) is 13.8 Å². The van der Waals surface area contributed by atoms with Crippen LogP contribution in [0.25, 0.3) is 0 Å². The highest BCUT2D eigenvalue weighted by molar-refractivity contribution is 4.48. The summed E-state index contributed by atoms with van der Waals surface area (Å²) < 4.78 is 11.5. The molecule has 0 spiro atoms. The molecule has 0 aromatic rings. The summed E-state index contributed by atoms with van der Waals surface area (Å²) in [6.45, 7) is 8.45. The highest BCUT2D eigenvalue weighted by atomic mass is 16.5. The third-order valence-electron chi connectivity index (χ3n) is 5.36. The average molecular weight is 385 g/mol. The summed E-state index contributed by atoms with van der Waals surface area (Å²) in [5, 5.41) is 0. The van der Waals surface area contributed by atoms with E-state index in [0.29, 0.717) is 0 Å². The Morgan fingerprint density at radius 3 is 0.778 bits per heavy atom. The Morgan fingerprint density at radius 2 is 0.519 bits per heavy atom. The van der Waals surface area contributed by atoms with E-state index in [1.54, 1.807) is 0 Å². The highest BCUT2D eigenvalue weighted by Gasteiger charge is 1.95. The van der Waals surface area contributed by atoms with Crippen molar-refractivity contribution < 1.29 is 9.47 Å². The zero-order valence-corrected chi connectivity index (χ0v) is 19.1. The molecule has 27 heavy (non-hydrogen) atoms. The minimum atomic E-state index is 0.973. The van der Waals surface area contributed by atoms with Crippen molar-refractivity contribution in [2.45, 2.75) is 136 Å². The second-order valence-electron chi connectivity index (χ2n) is 8.24. The molecule has 0 bridgehead atoms. The summed E-state index contributed by atoms with van der Waals surface area (Å²) in [5.74, 6) is 0. The summed E-state index contributed by atoms with van der Waals surface area (Å²) in [6, 6.07) is 0. The molecule has 164 valence electrons. The van der Waals surface area contributed by atoms with Crippen molar-refractivity contribution in [2.75, 3.05) is 26.4 Å². The first kappa shape index (κ1) is 26.9. The van der Waals surface area contributed by atoms with Gasteiger partial charge in [0.1, 0.15) is 0 Å². The van der Waals surface area contributed by atoms with Crippen LogP contribution in [0.3, 0.4) is 0 Å². The van der Waals surface area contributed by atoms with Crippen LogP contribution < -0.4 is 0 Å². The molecular weight excluding hydrogens is 332 g/mol. The van der Waals surface area contributed by atoms with Crippen LogP contribution in [0.15, 0.2) is 0 Å². The van der Waals surface area contributed by atoms with Crippen molar-refractivity contribution in [3.8, 4) is 0 Å². The summed E-state index contributed by atoms with van der Waals surface area (Å²) in [5.41, 5.74) is 0. The molecule has 2 nitrogen and oxygen atoms in total. The number of hydrogen-bond donors (Lipinski definition) is 0. The normalized spacial score (nSPS) is 11.3. The van der Waals surface area contributed by atoms with Gasteiger partial charge >= 0.3 is 0 Å². The van der Waals surface area contributed by atoms with Gasteiger partial charge in [0.2, 0.25) is 0 Å². The number of unbranched alkanes of at least 4 members (excludes halogenated alkanes) is 16. The molecule has 0 amide bonds. The molecule has 2 heteroatoms. The Morgan fingerprint density at radius 1 is 0.296 bits per heavy atom. The topological polar surface area (TPSA) is 18.5 Å². The van der Waals surface area contributed by atoms with Crippen molar-refractivity contribution in [3.63, 3.8) is 0 Å². The zero-order chi connectivity index (χ0) is 19.7. The van der Waals surface area contributed by atoms with E-state index in [-0.39, 0.29) is 0 Å². The van der Waals surface area contributed by atoms with E-state index < -0.39 is 0 Å². The molecule has 0 aliphatic carbocycles. The second kappa shape index (κ2) is 25.9. The van der Waals surface area contributed by atoms with Crippen LogP contribution in [-0.4, -0.2) is 26.4 Å². The zero-order valence-electron chi connectivity index (χ0n) is 19.1. The minimum Gasteiger partial charge on any atom is -0.381 e. The van der Waals surface area contributed by atoms with E-state index in [1.165, 1.54) is 122 Å². The Labute approximate surface area is 172 Å². The second-order valence-corrected chi connectivity index (χ2v) is 8.24. The quantitative estimate of drug-likeness (QED) is 0.155. The first-order chi connectivity index (χ1) is 13.4. The van der Waals surface area contributed by atoms with Crippen LogP contribution in [0.5, 0.6) is 0 Å².